The minimum absolute atomic E-state index is 0.204. The highest BCUT2D eigenvalue weighted by atomic mass is 32.2. The molecule has 0 saturated heterocycles. The first kappa shape index (κ1) is 16.1. The van der Waals surface area contributed by atoms with E-state index in [1.54, 1.807) is 12.1 Å². The summed E-state index contributed by atoms with van der Waals surface area (Å²) in [6.07, 6.45) is 4.34. The largest absolute Gasteiger partial charge is 0.396 e. The molecule has 0 heterocycles. The molecule has 0 unspecified atom stereocenters. The molecule has 2 N–H and O–H groups in total. The Morgan fingerprint density at radius 1 is 1.05 bits per heavy atom. The molecule has 19 heavy (non-hydrogen) atoms. The van der Waals surface area contributed by atoms with Crippen molar-refractivity contribution in [2.45, 2.75) is 43.9 Å². The highest BCUT2D eigenvalue weighted by molar-refractivity contribution is 7.89. The number of hydrogen-bond acceptors (Lipinski definition) is 3. The molecule has 0 atom stereocenters. The van der Waals surface area contributed by atoms with Crippen molar-refractivity contribution in [2.24, 2.45) is 0 Å². The van der Waals surface area contributed by atoms with Crippen molar-refractivity contribution in [3.05, 3.63) is 29.8 Å². The van der Waals surface area contributed by atoms with Crippen molar-refractivity contribution in [3.8, 4) is 0 Å². The van der Waals surface area contributed by atoms with Crippen molar-refractivity contribution in [1.29, 1.82) is 0 Å². The number of sulfonamides is 1. The van der Waals surface area contributed by atoms with E-state index in [0.29, 0.717) is 11.4 Å². The van der Waals surface area contributed by atoms with Gasteiger partial charge in [0.2, 0.25) is 10.0 Å². The number of hydrogen-bond donors (Lipinski definition) is 2. The van der Waals surface area contributed by atoms with E-state index >= 15 is 0 Å². The maximum absolute atomic E-state index is 12.0. The van der Waals surface area contributed by atoms with Crippen LogP contribution in [0.2, 0.25) is 0 Å². The smallest absolute Gasteiger partial charge is 0.240 e. The molecule has 4 nitrogen and oxygen atoms in total. The van der Waals surface area contributed by atoms with Gasteiger partial charge in [0.25, 0.3) is 0 Å². The molecular formula is C14H23NO3S. The summed E-state index contributed by atoms with van der Waals surface area (Å²) in [5.41, 5.74) is 1.13. The first-order valence-corrected chi connectivity index (χ1v) is 8.28. The normalized spacial score (nSPS) is 11.7. The van der Waals surface area contributed by atoms with Crippen LogP contribution in [0.3, 0.4) is 0 Å². The van der Waals surface area contributed by atoms with E-state index in [9.17, 15) is 8.42 Å². The van der Waals surface area contributed by atoms with Crippen LogP contribution < -0.4 is 4.72 Å². The zero-order chi connectivity index (χ0) is 14.1. The van der Waals surface area contributed by atoms with Crippen LogP contribution in [0.25, 0.3) is 0 Å². The molecule has 0 saturated carbocycles. The Kier molecular flexibility index (Phi) is 7.05. The predicted octanol–water partition coefficient (Wildman–Crippen LogP) is 2.08. The van der Waals surface area contributed by atoms with Crippen molar-refractivity contribution in [2.75, 3.05) is 13.2 Å². The van der Waals surface area contributed by atoms with Crippen LogP contribution >= 0.6 is 0 Å². The van der Waals surface area contributed by atoms with Gasteiger partial charge in [-0.1, -0.05) is 31.9 Å². The fraction of sp³-hybridized carbons (Fsp3) is 0.571. The lowest BCUT2D eigenvalue weighted by Crippen LogP contribution is -2.24. The molecule has 0 bridgehead atoms. The second-order valence-electron chi connectivity index (χ2n) is 4.53. The summed E-state index contributed by atoms with van der Waals surface area (Å²) in [5.74, 6) is 0. The van der Waals surface area contributed by atoms with Crippen molar-refractivity contribution in [1.82, 2.24) is 4.72 Å². The van der Waals surface area contributed by atoms with Gasteiger partial charge in [-0.15, -0.1) is 0 Å². The summed E-state index contributed by atoms with van der Waals surface area (Å²) >= 11 is 0. The zero-order valence-corrected chi connectivity index (χ0v) is 12.2. The lowest BCUT2D eigenvalue weighted by molar-refractivity contribution is 0.282. The number of benzene rings is 1. The minimum Gasteiger partial charge on any atom is -0.396 e. The Bertz CT molecular complexity index is 454. The maximum atomic E-state index is 12.0. The van der Waals surface area contributed by atoms with E-state index in [2.05, 4.69) is 4.72 Å². The fourth-order valence-electron chi connectivity index (χ4n) is 1.78. The third kappa shape index (κ3) is 5.72. The molecule has 0 fully saturated rings. The van der Waals surface area contributed by atoms with Gasteiger partial charge in [-0.05, 0) is 37.0 Å². The van der Waals surface area contributed by atoms with Crippen LogP contribution in [0.15, 0.2) is 29.2 Å². The highest BCUT2D eigenvalue weighted by Gasteiger charge is 2.12. The molecule has 0 aliphatic rings. The summed E-state index contributed by atoms with van der Waals surface area (Å²) in [4.78, 5) is 0.319. The van der Waals surface area contributed by atoms with Crippen molar-refractivity contribution < 1.29 is 13.5 Å². The van der Waals surface area contributed by atoms with Gasteiger partial charge >= 0.3 is 0 Å². The van der Waals surface area contributed by atoms with Gasteiger partial charge in [-0.25, -0.2) is 13.1 Å². The molecule has 0 aromatic heterocycles. The van der Waals surface area contributed by atoms with Crippen LogP contribution in [-0.2, 0) is 16.4 Å². The second kappa shape index (κ2) is 8.30. The Balaban J connectivity index is 2.42. The average molecular weight is 285 g/mol. The quantitative estimate of drug-likeness (QED) is 0.683. The van der Waals surface area contributed by atoms with Gasteiger partial charge in [0.05, 0.1) is 4.90 Å². The van der Waals surface area contributed by atoms with E-state index in [1.165, 1.54) is 0 Å². The number of rotatable bonds is 9. The lowest BCUT2D eigenvalue weighted by Gasteiger charge is -2.07. The molecule has 0 spiro atoms. The van der Waals surface area contributed by atoms with Gasteiger partial charge in [0.1, 0.15) is 0 Å². The molecule has 108 valence electrons. The summed E-state index contributed by atoms with van der Waals surface area (Å²) in [7, 11) is -3.38. The summed E-state index contributed by atoms with van der Waals surface area (Å²) in [5, 5.41) is 8.63. The highest BCUT2D eigenvalue weighted by Crippen LogP contribution is 2.11. The van der Waals surface area contributed by atoms with E-state index in [0.717, 1.165) is 37.7 Å². The lowest BCUT2D eigenvalue weighted by atomic mass is 10.2. The topological polar surface area (TPSA) is 66.4 Å². The van der Waals surface area contributed by atoms with Crippen LogP contribution in [0.4, 0.5) is 0 Å². The number of aryl methyl sites for hydroxylation is 1. The maximum Gasteiger partial charge on any atom is 0.240 e. The van der Waals surface area contributed by atoms with Crippen molar-refractivity contribution in [3.63, 3.8) is 0 Å². The third-order valence-corrected chi connectivity index (χ3v) is 4.50. The third-order valence-electron chi connectivity index (χ3n) is 3.02. The predicted molar refractivity (Wildman–Crippen MR) is 76.6 cm³/mol. The molecular weight excluding hydrogens is 262 g/mol. The standard InChI is InChI=1S/C14H23NO3S/c1-2-13-7-9-14(10-8-13)19(17,18)15-11-5-3-4-6-12-16/h7-10,15-16H,2-6,11-12H2,1H3. The summed E-state index contributed by atoms with van der Waals surface area (Å²) in [6, 6.07) is 6.98. The van der Waals surface area contributed by atoms with E-state index in [4.69, 9.17) is 5.11 Å². The van der Waals surface area contributed by atoms with Crippen molar-refractivity contribution >= 4 is 10.0 Å². The molecule has 0 radical (unpaired) electrons. The van der Waals surface area contributed by atoms with Gasteiger partial charge in [-0.3, -0.25) is 0 Å². The van der Waals surface area contributed by atoms with Crippen LogP contribution in [0.1, 0.15) is 38.2 Å². The molecule has 0 amide bonds. The zero-order valence-electron chi connectivity index (χ0n) is 11.4. The molecule has 0 aliphatic carbocycles. The second-order valence-corrected chi connectivity index (χ2v) is 6.30. The fourth-order valence-corrected chi connectivity index (χ4v) is 2.86. The molecule has 5 heteroatoms. The van der Waals surface area contributed by atoms with Gasteiger partial charge in [-0.2, -0.15) is 0 Å². The summed E-state index contributed by atoms with van der Waals surface area (Å²) < 4.78 is 26.5. The Labute approximate surface area is 115 Å². The van der Waals surface area contributed by atoms with E-state index in [-0.39, 0.29) is 6.61 Å². The Morgan fingerprint density at radius 2 is 1.68 bits per heavy atom. The number of aliphatic hydroxyl groups excluding tert-OH is 1. The Hall–Kier alpha value is -0.910. The van der Waals surface area contributed by atoms with E-state index in [1.807, 2.05) is 19.1 Å². The molecule has 1 aromatic carbocycles. The van der Waals surface area contributed by atoms with Gasteiger partial charge in [0, 0.05) is 13.2 Å². The van der Waals surface area contributed by atoms with Crippen LogP contribution in [0, 0.1) is 0 Å². The van der Waals surface area contributed by atoms with Crippen LogP contribution in [0.5, 0.6) is 0 Å². The Morgan fingerprint density at radius 3 is 2.26 bits per heavy atom. The van der Waals surface area contributed by atoms with Gasteiger partial charge in [0.15, 0.2) is 0 Å². The first-order chi connectivity index (χ1) is 9.10. The van der Waals surface area contributed by atoms with Gasteiger partial charge < -0.3 is 5.11 Å². The SMILES string of the molecule is CCc1ccc(S(=O)(=O)NCCCCCCO)cc1. The molecule has 0 aliphatic heterocycles. The monoisotopic (exact) mass is 285 g/mol. The number of nitrogens with one attached hydrogen (secondary N) is 1. The first-order valence-electron chi connectivity index (χ1n) is 6.79. The minimum atomic E-state index is -3.38. The average Bonchev–Trinajstić information content (AvgIpc) is 2.43. The van der Waals surface area contributed by atoms with Crippen LogP contribution in [-0.4, -0.2) is 26.7 Å². The number of unbranched alkanes of at least 4 members (excludes halogenated alkanes) is 3. The number of aliphatic hydroxyl groups is 1. The molecule has 1 rings (SSSR count). The van der Waals surface area contributed by atoms with E-state index < -0.39 is 10.0 Å². The molecule has 1 aromatic rings. The summed E-state index contributed by atoms with van der Waals surface area (Å²) in [6.45, 7) is 2.69.